The van der Waals surface area contributed by atoms with Crippen LogP contribution in [0.2, 0.25) is 0 Å². The summed E-state index contributed by atoms with van der Waals surface area (Å²) in [6.07, 6.45) is 3.49. The van der Waals surface area contributed by atoms with Gasteiger partial charge in [0.1, 0.15) is 11.9 Å². The van der Waals surface area contributed by atoms with E-state index in [-0.39, 0.29) is 16.6 Å². The van der Waals surface area contributed by atoms with Crippen molar-refractivity contribution in [3.63, 3.8) is 0 Å². The molecule has 36 heavy (non-hydrogen) atoms. The fraction of sp³-hybridized carbons (Fsp3) is 0.467. The molecule has 6 heteroatoms. The second-order valence-electron chi connectivity index (χ2n) is 11.6. The number of carbonyl (C=O) groups excluding carboxylic acids is 1. The lowest BCUT2D eigenvalue weighted by atomic mass is 9.69. The van der Waals surface area contributed by atoms with Gasteiger partial charge in [-0.1, -0.05) is 64.1 Å². The zero-order chi connectivity index (χ0) is 25.7. The number of fused-ring (bicyclic) bond motifs is 1. The second kappa shape index (κ2) is 9.31. The third kappa shape index (κ3) is 4.69. The van der Waals surface area contributed by atoms with Crippen molar-refractivity contribution in [3.8, 4) is 5.75 Å². The van der Waals surface area contributed by atoms with Gasteiger partial charge < -0.3 is 14.7 Å². The number of thiazole rings is 1. The average Bonchev–Trinajstić information content (AvgIpc) is 3.58. The van der Waals surface area contributed by atoms with E-state index in [4.69, 9.17) is 9.72 Å². The average molecular weight is 505 g/mol. The van der Waals surface area contributed by atoms with Crippen molar-refractivity contribution in [1.29, 1.82) is 0 Å². The summed E-state index contributed by atoms with van der Waals surface area (Å²) in [7, 11) is 1.64. The van der Waals surface area contributed by atoms with Gasteiger partial charge in [-0.2, -0.15) is 0 Å². The van der Waals surface area contributed by atoms with E-state index in [0.717, 1.165) is 30.2 Å². The number of nitrogens with zero attached hydrogens (tertiary/aromatic N) is 2. The molecule has 2 aliphatic carbocycles. The van der Waals surface area contributed by atoms with Crippen LogP contribution >= 0.6 is 11.3 Å². The van der Waals surface area contributed by atoms with Crippen molar-refractivity contribution in [2.45, 2.75) is 70.3 Å². The number of aromatic nitrogens is 1. The summed E-state index contributed by atoms with van der Waals surface area (Å²) in [6, 6.07) is 14.5. The first-order chi connectivity index (χ1) is 17.1. The van der Waals surface area contributed by atoms with Gasteiger partial charge in [0.25, 0.3) is 0 Å². The highest BCUT2D eigenvalue weighted by atomic mass is 32.1. The highest BCUT2D eigenvalue weighted by Crippen LogP contribution is 2.51. The number of hydrogen-bond donors (Lipinski definition) is 1. The molecule has 1 heterocycles. The third-order valence-corrected chi connectivity index (χ3v) is 9.18. The number of benzene rings is 2. The van der Waals surface area contributed by atoms with Crippen molar-refractivity contribution in [3.05, 3.63) is 70.2 Å². The summed E-state index contributed by atoms with van der Waals surface area (Å²) in [5.74, 6) is 0.957. The maximum atomic E-state index is 12.9. The molecule has 3 aromatic rings. The molecule has 5 nitrogen and oxygen atoms in total. The number of methoxy groups -OCH3 is 1. The summed E-state index contributed by atoms with van der Waals surface area (Å²) in [4.78, 5) is 21.8. The number of Topliss-reactive ketones (excluding diaryl/α,β-unsaturated/α-hetero) is 1. The first kappa shape index (κ1) is 25.0. The highest BCUT2D eigenvalue weighted by Gasteiger charge is 2.41. The molecule has 2 aromatic carbocycles. The maximum Gasteiger partial charge on any atom is 0.195 e. The van der Waals surface area contributed by atoms with E-state index in [2.05, 4.69) is 32.6 Å². The molecule has 1 fully saturated rings. The van der Waals surface area contributed by atoms with Gasteiger partial charge in [-0.3, -0.25) is 4.79 Å². The van der Waals surface area contributed by atoms with Crippen LogP contribution in [0.25, 0.3) is 0 Å². The summed E-state index contributed by atoms with van der Waals surface area (Å²) >= 11 is 1.80. The number of hydrogen-bond acceptors (Lipinski definition) is 6. The molecule has 1 unspecified atom stereocenters. The fourth-order valence-corrected chi connectivity index (χ4v) is 6.44. The molecule has 1 aromatic heterocycles. The minimum absolute atomic E-state index is 0.0563. The predicted octanol–water partition coefficient (Wildman–Crippen LogP) is 6.97. The van der Waals surface area contributed by atoms with Crippen LogP contribution in [0.15, 0.2) is 48.5 Å². The van der Waals surface area contributed by atoms with E-state index >= 15 is 0 Å². The first-order valence-corrected chi connectivity index (χ1v) is 13.7. The number of ether oxygens (including phenoxy) is 1. The van der Waals surface area contributed by atoms with E-state index in [0.29, 0.717) is 22.8 Å². The smallest absolute Gasteiger partial charge is 0.195 e. The van der Waals surface area contributed by atoms with Gasteiger partial charge in [-0.15, -0.1) is 11.3 Å². The molecular formula is C30H36N2O3S. The minimum Gasteiger partial charge on any atom is -0.495 e. The summed E-state index contributed by atoms with van der Waals surface area (Å²) in [5, 5.41) is 11.9. The molecule has 5 rings (SSSR count). The number of ketones is 1. The van der Waals surface area contributed by atoms with Crippen molar-refractivity contribution >= 4 is 27.9 Å². The summed E-state index contributed by atoms with van der Waals surface area (Å²) < 4.78 is 5.82. The van der Waals surface area contributed by atoms with E-state index < -0.39 is 6.10 Å². The molecule has 1 atom stereocenters. The van der Waals surface area contributed by atoms with E-state index in [1.165, 1.54) is 23.4 Å². The Hall–Kier alpha value is -2.70. The molecular weight excluding hydrogens is 468 g/mol. The van der Waals surface area contributed by atoms with Gasteiger partial charge in [0, 0.05) is 27.8 Å². The van der Waals surface area contributed by atoms with E-state index in [1.54, 1.807) is 48.8 Å². The molecule has 0 saturated heterocycles. The molecule has 2 aliphatic rings. The number of rotatable bonds is 8. The quantitative estimate of drug-likeness (QED) is 0.336. The van der Waals surface area contributed by atoms with Crippen molar-refractivity contribution in [1.82, 2.24) is 4.98 Å². The van der Waals surface area contributed by atoms with Crippen LogP contribution in [-0.2, 0) is 10.8 Å². The first-order valence-electron chi connectivity index (χ1n) is 12.9. The van der Waals surface area contributed by atoms with Crippen LogP contribution in [-0.4, -0.2) is 29.5 Å². The molecule has 1 saturated carbocycles. The SMILES string of the molecule is COc1cc(C(O)C(=O)c2ccccc2)ccc1N(CC1CC1)c1nc2c(s1)C(C)(C)CCC2(C)C. The van der Waals surface area contributed by atoms with Crippen LogP contribution in [0.1, 0.15) is 86.0 Å². The zero-order valence-electron chi connectivity index (χ0n) is 21.9. The molecule has 0 aliphatic heterocycles. The molecule has 1 N–H and O–H groups in total. The van der Waals surface area contributed by atoms with Gasteiger partial charge in [-0.05, 0) is 49.3 Å². The topological polar surface area (TPSA) is 62.7 Å². The summed E-state index contributed by atoms with van der Waals surface area (Å²) in [5.41, 5.74) is 3.33. The molecule has 0 radical (unpaired) electrons. The Morgan fingerprint density at radius 3 is 2.44 bits per heavy atom. The standard InChI is InChI=1S/C30H36N2O3S/c1-29(2)15-16-30(3,4)27-26(29)31-28(36-27)32(18-19-11-12-19)22-14-13-21(17-23(22)35-5)25(34)24(33)20-9-7-6-8-10-20/h6-10,13-14,17,19,25,34H,11-12,15-16,18H2,1-5H3. The molecule has 0 amide bonds. The van der Waals surface area contributed by atoms with Crippen molar-refractivity contribution in [2.24, 2.45) is 5.92 Å². The number of aliphatic hydroxyl groups excluding tert-OH is 1. The van der Waals surface area contributed by atoms with Gasteiger partial charge >= 0.3 is 0 Å². The van der Waals surface area contributed by atoms with Gasteiger partial charge in [0.2, 0.25) is 0 Å². The number of anilines is 2. The molecule has 190 valence electrons. The monoisotopic (exact) mass is 504 g/mol. The number of aliphatic hydroxyl groups is 1. The lowest BCUT2D eigenvalue weighted by molar-refractivity contribution is 0.0747. The van der Waals surface area contributed by atoms with Crippen LogP contribution in [0.4, 0.5) is 10.8 Å². The Labute approximate surface area is 218 Å². The van der Waals surface area contributed by atoms with Gasteiger partial charge in [-0.25, -0.2) is 4.98 Å². The highest BCUT2D eigenvalue weighted by molar-refractivity contribution is 7.16. The Morgan fingerprint density at radius 2 is 1.81 bits per heavy atom. The normalized spacial score (nSPS) is 18.8. The summed E-state index contributed by atoms with van der Waals surface area (Å²) in [6.45, 7) is 10.1. The van der Waals surface area contributed by atoms with Crippen LogP contribution < -0.4 is 9.64 Å². The largest absolute Gasteiger partial charge is 0.495 e. The lowest BCUT2D eigenvalue weighted by Gasteiger charge is -2.37. The zero-order valence-corrected chi connectivity index (χ0v) is 22.7. The maximum absolute atomic E-state index is 12.9. The van der Waals surface area contributed by atoms with Gasteiger partial charge in [0.15, 0.2) is 10.9 Å². The Kier molecular flexibility index (Phi) is 6.46. The van der Waals surface area contributed by atoms with Crippen LogP contribution in [0.3, 0.4) is 0 Å². The van der Waals surface area contributed by atoms with Crippen LogP contribution in [0.5, 0.6) is 5.75 Å². The van der Waals surface area contributed by atoms with E-state index in [9.17, 15) is 9.90 Å². The van der Waals surface area contributed by atoms with Crippen LogP contribution in [0, 0.1) is 5.92 Å². The lowest BCUT2D eigenvalue weighted by Crippen LogP contribution is -2.32. The van der Waals surface area contributed by atoms with E-state index in [1.807, 2.05) is 18.2 Å². The van der Waals surface area contributed by atoms with Crippen molar-refractivity contribution in [2.75, 3.05) is 18.6 Å². The Bertz CT molecular complexity index is 1230. The number of carbonyl (C=O) groups is 1. The Morgan fingerprint density at radius 1 is 1.11 bits per heavy atom. The van der Waals surface area contributed by atoms with Crippen molar-refractivity contribution < 1.29 is 14.6 Å². The minimum atomic E-state index is -1.25. The Balaban J connectivity index is 1.52. The fourth-order valence-electron chi connectivity index (χ4n) is 5.04. The predicted molar refractivity (Wildman–Crippen MR) is 146 cm³/mol. The molecule has 0 spiro atoms. The second-order valence-corrected chi connectivity index (χ2v) is 12.5. The molecule has 0 bridgehead atoms. The third-order valence-electron chi connectivity index (χ3n) is 7.73. The van der Waals surface area contributed by atoms with Gasteiger partial charge in [0.05, 0.1) is 18.5 Å².